The summed E-state index contributed by atoms with van der Waals surface area (Å²) in [6.45, 7) is 1.85. The number of benzene rings is 3. The second kappa shape index (κ2) is 11.8. The third-order valence-electron chi connectivity index (χ3n) is 5.73. The lowest BCUT2D eigenvalue weighted by Crippen LogP contribution is -2.29. The van der Waals surface area contributed by atoms with Gasteiger partial charge in [0.15, 0.2) is 9.84 Å². The third-order valence-corrected chi connectivity index (χ3v) is 8.36. The van der Waals surface area contributed by atoms with Crippen molar-refractivity contribution in [3.63, 3.8) is 0 Å². The number of hydrogen-bond donors (Lipinski definition) is 2. The molecule has 8 nitrogen and oxygen atoms in total. The zero-order valence-corrected chi connectivity index (χ0v) is 22.1. The Morgan fingerprint density at radius 1 is 0.838 bits per heavy atom. The Kier molecular flexibility index (Phi) is 8.55. The van der Waals surface area contributed by atoms with Crippen molar-refractivity contribution in [1.82, 2.24) is 15.0 Å². The number of hydrogen-bond acceptors (Lipinski definition) is 7. The fourth-order valence-corrected chi connectivity index (χ4v) is 5.80. The first-order valence-electron chi connectivity index (χ1n) is 11.8. The van der Waals surface area contributed by atoms with Crippen LogP contribution in [0.1, 0.15) is 6.42 Å². The number of nitrogens with zero attached hydrogens (tertiary/aromatic N) is 1. The number of aromatic nitrogens is 1. The van der Waals surface area contributed by atoms with Crippen molar-refractivity contribution < 1.29 is 21.6 Å². The van der Waals surface area contributed by atoms with E-state index >= 15 is 0 Å². The van der Waals surface area contributed by atoms with E-state index in [0.717, 1.165) is 22.8 Å². The zero-order valence-electron chi connectivity index (χ0n) is 20.4. The van der Waals surface area contributed by atoms with Gasteiger partial charge in [-0.15, -0.1) is 0 Å². The first-order chi connectivity index (χ1) is 17.7. The average molecular weight is 540 g/mol. The maximum absolute atomic E-state index is 13.2. The Labute approximate surface area is 217 Å². The van der Waals surface area contributed by atoms with E-state index in [9.17, 15) is 16.8 Å². The molecule has 0 aliphatic heterocycles. The molecule has 37 heavy (non-hydrogen) atoms. The molecule has 3 aromatic carbocycles. The Hall–Kier alpha value is -3.31. The van der Waals surface area contributed by atoms with E-state index in [1.54, 1.807) is 36.7 Å². The molecule has 2 N–H and O–H groups in total. The van der Waals surface area contributed by atoms with Crippen LogP contribution in [-0.4, -0.2) is 54.3 Å². The molecular formula is C27H29N3O5S2. The van der Waals surface area contributed by atoms with Gasteiger partial charge in [-0.25, -0.2) is 21.6 Å². The summed E-state index contributed by atoms with van der Waals surface area (Å²) in [6, 6.07) is 21.3. The molecule has 4 rings (SSSR count). The molecule has 1 aromatic heterocycles. The molecule has 0 atom stereocenters. The monoisotopic (exact) mass is 539 g/mol. The van der Waals surface area contributed by atoms with E-state index < -0.39 is 19.9 Å². The summed E-state index contributed by atoms with van der Waals surface area (Å²) in [5, 5.41) is 4.60. The molecule has 0 saturated carbocycles. The van der Waals surface area contributed by atoms with Gasteiger partial charge in [-0.1, -0.05) is 30.3 Å². The van der Waals surface area contributed by atoms with Crippen molar-refractivity contribution >= 4 is 30.6 Å². The van der Waals surface area contributed by atoms with Crippen LogP contribution in [0.4, 0.5) is 0 Å². The fourth-order valence-electron chi connectivity index (χ4n) is 3.84. The van der Waals surface area contributed by atoms with Crippen LogP contribution in [0, 0.1) is 0 Å². The summed E-state index contributed by atoms with van der Waals surface area (Å²) in [5.74, 6) is 0.585. The number of pyridine rings is 1. The molecule has 0 aliphatic carbocycles. The average Bonchev–Trinajstić information content (AvgIpc) is 2.89. The van der Waals surface area contributed by atoms with Crippen molar-refractivity contribution in [3.8, 4) is 16.9 Å². The maximum atomic E-state index is 13.2. The maximum Gasteiger partial charge on any atom is 0.241 e. The molecule has 0 unspecified atom stereocenters. The topological polar surface area (TPSA) is 114 Å². The van der Waals surface area contributed by atoms with Crippen molar-refractivity contribution in [1.29, 1.82) is 0 Å². The van der Waals surface area contributed by atoms with E-state index in [2.05, 4.69) is 15.0 Å². The lowest BCUT2D eigenvalue weighted by molar-refractivity contribution is 0.313. The lowest BCUT2D eigenvalue weighted by Gasteiger charge is -2.13. The minimum absolute atomic E-state index is 0.231. The number of rotatable bonds is 12. The van der Waals surface area contributed by atoms with Crippen LogP contribution in [0.25, 0.3) is 21.9 Å². The van der Waals surface area contributed by atoms with Gasteiger partial charge in [-0.3, -0.25) is 4.98 Å². The molecular weight excluding hydrogens is 510 g/mol. The van der Waals surface area contributed by atoms with Crippen molar-refractivity contribution in [3.05, 3.63) is 85.2 Å². The summed E-state index contributed by atoms with van der Waals surface area (Å²) < 4.78 is 57.7. The van der Waals surface area contributed by atoms with Gasteiger partial charge in [0.05, 0.1) is 9.79 Å². The van der Waals surface area contributed by atoms with Gasteiger partial charge in [-0.05, 0) is 66.6 Å². The molecule has 4 aromatic rings. The molecule has 10 heteroatoms. The van der Waals surface area contributed by atoms with Gasteiger partial charge in [0.25, 0.3) is 0 Å². The van der Waals surface area contributed by atoms with Gasteiger partial charge in [0.2, 0.25) is 10.0 Å². The molecule has 0 aliphatic rings. The molecule has 194 valence electrons. The van der Waals surface area contributed by atoms with Crippen molar-refractivity contribution in [2.45, 2.75) is 16.2 Å². The highest BCUT2D eigenvalue weighted by Gasteiger charge is 2.18. The van der Waals surface area contributed by atoms with Crippen LogP contribution in [0.5, 0.6) is 5.75 Å². The highest BCUT2D eigenvalue weighted by atomic mass is 32.2. The van der Waals surface area contributed by atoms with Crippen LogP contribution in [0.3, 0.4) is 0 Å². The predicted octanol–water partition coefficient (Wildman–Crippen LogP) is 3.64. The van der Waals surface area contributed by atoms with Crippen LogP contribution in [0.2, 0.25) is 0 Å². The number of nitrogens with one attached hydrogen (secondary N) is 2. The number of sulfone groups is 1. The number of ether oxygens (including phenoxy) is 1. The zero-order chi connectivity index (χ0) is 26.3. The molecule has 0 fully saturated rings. The van der Waals surface area contributed by atoms with Crippen LogP contribution >= 0.6 is 0 Å². The van der Waals surface area contributed by atoms with Gasteiger partial charge in [-0.2, -0.15) is 0 Å². The SMILES string of the molecule is CS(=O)(=O)c1ccc(OCCNCCCNS(=O)(=O)c2cc(-c3ccccc3)cc3cnccc23)cc1. The summed E-state index contributed by atoms with van der Waals surface area (Å²) in [4.78, 5) is 4.63. The van der Waals surface area contributed by atoms with E-state index in [1.165, 1.54) is 12.1 Å². The molecule has 1 heterocycles. The van der Waals surface area contributed by atoms with Crippen molar-refractivity contribution in [2.24, 2.45) is 0 Å². The Bertz CT molecular complexity index is 1560. The van der Waals surface area contributed by atoms with E-state index in [0.29, 0.717) is 37.3 Å². The molecule has 0 amide bonds. The van der Waals surface area contributed by atoms with Crippen LogP contribution in [0.15, 0.2) is 95.0 Å². The predicted molar refractivity (Wildman–Crippen MR) is 145 cm³/mol. The third kappa shape index (κ3) is 7.14. The quantitative estimate of drug-likeness (QED) is 0.264. The van der Waals surface area contributed by atoms with Crippen LogP contribution < -0.4 is 14.8 Å². The first-order valence-corrected chi connectivity index (χ1v) is 15.2. The van der Waals surface area contributed by atoms with Gasteiger partial charge < -0.3 is 10.1 Å². The van der Waals surface area contributed by atoms with E-state index in [4.69, 9.17) is 4.74 Å². The second-order valence-corrected chi connectivity index (χ2v) is 12.3. The van der Waals surface area contributed by atoms with Crippen LogP contribution in [-0.2, 0) is 19.9 Å². The highest BCUT2D eigenvalue weighted by molar-refractivity contribution is 7.90. The van der Waals surface area contributed by atoms with Gasteiger partial charge in [0, 0.05) is 42.5 Å². The normalized spacial score (nSPS) is 12.0. The first kappa shape index (κ1) is 26.7. The summed E-state index contributed by atoms with van der Waals surface area (Å²) in [7, 11) is -6.97. The summed E-state index contributed by atoms with van der Waals surface area (Å²) in [5.41, 5.74) is 1.75. The number of fused-ring (bicyclic) bond motifs is 1. The standard InChI is InChI=1S/C27H29N3O5S2/c1-36(31,32)25-10-8-24(9-11-25)35-17-16-28-13-5-14-30-37(33,34)27-19-22(21-6-3-2-4-7-21)18-23-20-29-15-12-26(23)27/h2-4,6-12,15,18-20,28,30H,5,13-14,16-17H2,1H3. The largest absolute Gasteiger partial charge is 0.492 e. The van der Waals surface area contributed by atoms with Gasteiger partial charge >= 0.3 is 0 Å². The Morgan fingerprint density at radius 3 is 2.32 bits per heavy atom. The number of sulfonamides is 1. The van der Waals surface area contributed by atoms with E-state index in [-0.39, 0.29) is 16.3 Å². The molecule has 0 radical (unpaired) electrons. The summed E-state index contributed by atoms with van der Waals surface area (Å²) >= 11 is 0. The minimum atomic E-state index is -3.74. The summed E-state index contributed by atoms with van der Waals surface area (Å²) in [6.07, 6.45) is 5.02. The molecule has 0 bridgehead atoms. The van der Waals surface area contributed by atoms with E-state index in [1.807, 2.05) is 36.4 Å². The molecule has 0 spiro atoms. The lowest BCUT2D eigenvalue weighted by atomic mass is 10.0. The molecule has 0 saturated heterocycles. The fraction of sp³-hybridized carbons (Fsp3) is 0.222. The Balaban J connectivity index is 1.28. The van der Waals surface area contributed by atoms with Gasteiger partial charge in [0.1, 0.15) is 12.4 Å². The Morgan fingerprint density at radius 2 is 1.59 bits per heavy atom. The second-order valence-electron chi connectivity index (χ2n) is 8.53. The smallest absolute Gasteiger partial charge is 0.241 e. The van der Waals surface area contributed by atoms with Crippen molar-refractivity contribution in [2.75, 3.05) is 32.5 Å². The minimum Gasteiger partial charge on any atom is -0.492 e. The highest BCUT2D eigenvalue weighted by Crippen LogP contribution is 2.30.